The summed E-state index contributed by atoms with van der Waals surface area (Å²) in [6.07, 6.45) is -4.34. The fourth-order valence-electron chi connectivity index (χ4n) is 5.08. The van der Waals surface area contributed by atoms with Gasteiger partial charge in [-0.25, -0.2) is 14.0 Å². The van der Waals surface area contributed by atoms with Crippen molar-refractivity contribution in [1.82, 2.24) is 20.9 Å². The summed E-state index contributed by atoms with van der Waals surface area (Å²) in [5.41, 5.74) is -1.65. The van der Waals surface area contributed by atoms with Gasteiger partial charge in [0, 0.05) is 29.6 Å². The lowest BCUT2D eigenvalue weighted by Crippen LogP contribution is -2.63. The molecule has 0 bridgehead atoms. The van der Waals surface area contributed by atoms with Gasteiger partial charge in [0.15, 0.2) is 0 Å². The van der Waals surface area contributed by atoms with E-state index >= 15 is 0 Å². The van der Waals surface area contributed by atoms with Crippen molar-refractivity contribution >= 4 is 28.8 Å². The molecule has 1 unspecified atom stereocenters. The Kier molecular flexibility index (Phi) is 8.08. The number of halogens is 4. The summed E-state index contributed by atoms with van der Waals surface area (Å²) >= 11 is 0. The van der Waals surface area contributed by atoms with Crippen LogP contribution in [0, 0.1) is 11.7 Å². The third-order valence-electron chi connectivity index (χ3n) is 7.57. The van der Waals surface area contributed by atoms with Crippen LogP contribution in [-0.2, 0) is 35.2 Å². The Balaban J connectivity index is 1.56. The highest BCUT2D eigenvalue weighted by Crippen LogP contribution is 2.40. The highest BCUT2D eigenvalue weighted by Gasteiger charge is 2.46. The molecule has 1 heterocycles. The predicted octanol–water partition coefficient (Wildman–Crippen LogP) is 4.67. The minimum atomic E-state index is -4.60. The van der Waals surface area contributed by atoms with Gasteiger partial charge in [-0.2, -0.15) is 13.2 Å². The minimum Gasteiger partial charge on any atom is -0.479 e. The molecule has 3 aromatic rings. The largest absolute Gasteiger partial charge is 0.479 e. The first-order valence-corrected chi connectivity index (χ1v) is 12.9. The number of carboxylic acids is 1. The highest BCUT2D eigenvalue weighted by atomic mass is 19.4. The maximum Gasteiger partial charge on any atom is 0.418 e. The van der Waals surface area contributed by atoms with Crippen LogP contribution >= 0.6 is 0 Å². The second-order valence-corrected chi connectivity index (χ2v) is 10.1. The van der Waals surface area contributed by atoms with Crippen LogP contribution in [0.3, 0.4) is 0 Å². The third-order valence-corrected chi connectivity index (χ3v) is 7.57. The van der Waals surface area contributed by atoms with E-state index in [2.05, 4.69) is 20.9 Å². The number of urea groups is 1. The topological polar surface area (TPSA) is 123 Å². The van der Waals surface area contributed by atoms with Crippen molar-refractivity contribution in [3.63, 3.8) is 0 Å². The predicted molar refractivity (Wildman–Crippen MR) is 139 cm³/mol. The number of para-hydroxylation sites is 1. The van der Waals surface area contributed by atoms with Crippen molar-refractivity contribution in [1.29, 1.82) is 0 Å². The van der Waals surface area contributed by atoms with Crippen molar-refractivity contribution in [3.05, 3.63) is 70.7 Å². The van der Waals surface area contributed by atoms with E-state index in [4.69, 9.17) is 0 Å². The highest BCUT2D eigenvalue weighted by molar-refractivity contribution is 5.94. The second kappa shape index (κ2) is 11.2. The summed E-state index contributed by atoms with van der Waals surface area (Å²) in [6, 6.07) is 7.73. The molecular weight excluding hydrogens is 532 g/mol. The van der Waals surface area contributed by atoms with Crippen molar-refractivity contribution in [3.8, 4) is 0 Å². The van der Waals surface area contributed by atoms with Crippen molar-refractivity contribution in [2.24, 2.45) is 5.92 Å². The van der Waals surface area contributed by atoms with Crippen LogP contribution in [0.1, 0.15) is 49.1 Å². The summed E-state index contributed by atoms with van der Waals surface area (Å²) in [5.74, 6) is -2.97. The van der Waals surface area contributed by atoms with E-state index in [0.717, 1.165) is 6.07 Å². The number of nitrogens with one attached hydrogen (secondary N) is 4. The normalized spacial score (nSPS) is 18.4. The minimum absolute atomic E-state index is 0.0675. The van der Waals surface area contributed by atoms with Gasteiger partial charge in [-0.1, -0.05) is 50.6 Å². The lowest BCUT2D eigenvalue weighted by Gasteiger charge is -2.36. The molecule has 0 radical (unpaired) electrons. The van der Waals surface area contributed by atoms with Crippen LogP contribution in [0.25, 0.3) is 10.9 Å². The molecule has 4 rings (SSSR count). The van der Waals surface area contributed by atoms with Gasteiger partial charge in [0.05, 0.1) is 11.1 Å². The third kappa shape index (κ3) is 5.75. The van der Waals surface area contributed by atoms with Crippen molar-refractivity contribution in [2.45, 2.75) is 63.8 Å². The van der Waals surface area contributed by atoms with E-state index in [9.17, 15) is 37.1 Å². The monoisotopic (exact) mass is 562 g/mol. The van der Waals surface area contributed by atoms with Crippen LogP contribution in [0.2, 0.25) is 0 Å². The van der Waals surface area contributed by atoms with E-state index in [1.807, 2.05) is 0 Å². The molecule has 1 aliphatic carbocycles. The molecule has 0 aliphatic heterocycles. The first-order chi connectivity index (χ1) is 18.9. The number of aromatic amines is 1. The number of rotatable bonds is 8. The van der Waals surface area contributed by atoms with Crippen LogP contribution in [0.5, 0.6) is 0 Å². The second-order valence-electron chi connectivity index (χ2n) is 10.1. The van der Waals surface area contributed by atoms with Crippen LogP contribution < -0.4 is 16.0 Å². The first-order valence-electron chi connectivity index (χ1n) is 12.9. The zero-order chi connectivity index (χ0) is 29.2. The molecule has 0 spiro atoms. The number of fused-ring (bicyclic) bond motifs is 3. The number of carbonyl (C=O) groups is 3. The number of H-pyrrole nitrogens is 1. The molecule has 40 heavy (non-hydrogen) atoms. The molecule has 2 aromatic carbocycles. The van der Waals surface area contributed by atoms with Gasteiger partial charge in [0.2, 0.25) is 5.91 Å². The fraction of sp³-hybridized carbons (Fsp3) is 0.393. The van der Waals surface area contributed by atoms with Crippen LogP contribution in [0.15, 0.2) is 42.5 Å². The average molecular weight is 563 g/mol. The Morgan fingerprint density at radius 1 is 1.12 bits per heavy atom. The van der Waals surface area contributed by atoms with Gasteiger partial charge in [-0.05, 0) is 36.5 Å². The number of hydrogen-bond acceptors (Lipinski definition) is 3. The lowest BCUT2D eigenvalue weighted by molar-refractivity contribution is -0.148. The Morgan fingerprint density at radius 2 is 1.85 bits per heavy atom. The van der Waals surface area contributed by atoms with Gasteiger partial charge < -0.3 is 26.0 Å². The van der Waals surface area contributed by atoms with Crippen LogP contribution in [0.4, 0.5) is 22.4 Å². The molecule has 8 nitrogen and oxygen atoms in total. The molecule has 12 heteroatoms. The fourth-order valence-corrected chi connectivity index (χ4v) is 5.08. The molecule has 3 atom stereocenters. The Hall–Kier alpha value is -4.09. The number of benzene rings is 2. The number of aromatic nitrogens is 1. The number of aryl methyl sites for hydroxylation is 1. The molecular formula is C28H30F4N4O4. The number of hydrogen-bond donors (Lipinski definition) is 5. The molecule has 0 saturated heterocycles. The molecule has 1 aliphatic rings. The number of alkyl halides is 3. The molecule has 0 fully saturated rings. The number of carboxylic acid groups (broad SMARTS) is 1. The van der Waals surface area contributed by atoms with Gasteiger partial charge in [0.25, 0.3) is 0 Å². The van der Waals surface area contributed by atoms with Crippen molar-refractivity contribution in [2.75, 3.05) is 0 Å². The van der Waals surface area contributed by atoms with E-state index in [1.165, 1.54) is 30.3 Å². The molecule has 0 saturated carbocycles. The number of amides is 3. The molecule has 1 aromatic heterocycles. The maximum absolute atomic E-state index is 13.9. The van der Waals surface area contributed by atoms with E-state index < -0.39 is 53.0 Å². The standard InChI is InChI=1S/C28H30F4N4O4/c1-3-15(2)22(35-26(40)33-14-16-7-4-5-10-20(16)29)24(37)36-27(25(38)39)12-11-21-18(13-27)17-8-6-9-19(23(17)34-21)28(30,31)32/h4-10,15,22,34H,3,11-14H2,1-2H3,(H,36,37)(H,38,39)(H2,33,35,40)/t15?,22-,27+/m0/s1. The summed E-state index contributed by atoms with van der Waals surface area (Å²) in [4.78, 5) is 41.4. The zero-order valence-electron chi connectivity index (χ0n) is 21.9. The van der Waals surface area contributed by atoms with Gasteiger partial charge >= 0.3 is 18.2 Å². The quantitative estimate of drug-likeness (QED) is 0.256. The number of aliphatic carboxylic acids is 1. The smallest absolute Gasteiger partial charge is 0.418 e. The van der Waals surface area contributed by atoms with Gasteiger partial charge in [0.1, 0.15) is 17.4 Å². The van der Waals surface area contributed by atoms with E-state index in [1.54, 1.807) is 19.9 Å². The summed E-state index contributed by atoms with van der Waals surface area (Å²) in [6.45, 7) is 3.38. The van der Waals surface area contributed by atoms with Gasteiger partial charge in [-0.15, -0.1) is 0 Å². The van der Waals surface area contributed by atoms with Crippen molar-refractivity contribution < 1.29 is 37.1 Å². The first kappa shape index (κ1) is 28.9. The SMILES string of the molecule is CCC(C)[C@H](NC(=O)NCc1ccccc1F)C(=O)N[C@]1(C(=O)O)CCc2[nH]c3c(C(F)(F)F)cccc3c2C1. The Morgan fingerprint density at radius 3 is 2.50 bits per heavy atom. The van der Waals surface area contributed by atoms with E-state index in [0.29, 0.717) is 17.7 Å². The molecule has 214 valence electrons. The van der Waals surface area contributed by atoms with Crippen LogP contribution in [-0.4, -0.2) is 39.6 Å². The zero-order valence-corrected chi connectivity index (χ0v) is 21.9. The number of carbonyl (C=O) groups excluding carboxylic acids is 2. The average Bonchev–Trinajstić information content (AvgIpc) is 3.27. The van der Waals surface area contributed by atoms with Gasteiger partial charge in [-0.3, -0.25) is 4.79 Å². The summed E-state index contributed by atoms with van der Waals surface area (Å²) < 4.78 is 54.6. The lowest BCUT2D eigenvalue weighted by atomic mass is 9.79. The summed E-state index contributed by atoms with van der Waals surface area (Å²) in [5, 5.41) is 18.1. The Labute approximate surface area is 227 Å². The maximum atomic E-state index is 13.9. The Bertz CT molecular complexity index is 1440. The summed E-state index contributed by atoms with van der Waals surface area (Å²) in [7, 11) is 0. The van der Waals surface area contributed by atoms with E-state index in [-0.39, 0.29) is 42.3 Å². The molecule has 5 N–H and O–H groups in total. The molecule has 3 amide bonds.